The van der Waals surface area contributed by atoms with E-state index in [9.17, 15) is 14.7 Å². The predicted octanol–water partition coefficient (Wildman–Crippen LogP) is 3.16. The van der Waals surface area contributed by atoms with E-state index in [1.165, 1.54) is 23.3 Å². The van der Waals surface area contributed by atoms with Crippen LogP contribution < -0.4 is 5.56 Å². The number of nitrogens with one attached hydrogen (secondary N) is 1. The van der Waals surface area contributed by atoms with Crippen LogP contribution in [0.1, 0.15) is 34.5 Å². The zero-order valence-corrected chi connectivity index (χ0v) is 19.3. The minimum Gasteiger partial charge on any atom is -0.477 e. The van der Waals surface area contributed by atoms with Crippen LogP contribution in [0.4, 0.5) is 0 Å². The molecule has 0 radical (unpaired) electrons. The van der Waals surface area contributed by atoms with Gasteiger partial charge in [-0.15, -0.1) is 5.10 Å². The van der Waals surface area contributed by atoms with Crippen LogP contribution in [0, 0.1) is 0 Å². The lowest BCUT2D eigenvalue weighted by Crippen LogP contribution is -2.23. The van der Waals surface area contributed by atoms with Crippen LogP contribution in [-0.4, -0.2) is 50.8 Å². The summed E-state index contributed by atoms with van der Waals surface area (Å²) in [5.41, 5.74) is 4.13. The largest absolute Gasteiger partial charge is 0.477 e. The molecule has 36 heavy (non-hydrogen) atoms. The van der Waals surface area contributed by atoms with Crippen LogP contribution in [0.15, 0.2) is 66.0 Å². The maximum absolute atomic E-state index is 13.3. The number of halogens is 1. The molecule has 0 spiro atoms. The number of hydrogen-bond donors (Lipinski definition) is 2. The van der Waals surface area contributed by atoms with E-state index in [-0.39, 0.29) is 17.3 Å². The second-order valence-corrected chi connectivity index (χ2v) is 8.77. The summed E-state index contributed by atoms with van der Waals surface area (Å²) in [5, 5.41) is 21.1. The summed E-state index contributed by atoms with van der Waals surface area (Å²) in [6.07, 6.45) is 5.94. The van der Waals surface area contributed by atoms with Crippen molar-refractivity contribution in [2.45, 2.75) is 18.9 Å². The molecule has 2 N–H and O–H groups in total. The van der Waals surface area contributed by atoms with Crippen molar-refractivity contribution < 1.29 is 9.90 Å². The number of carboxylic acid groups (broad SMARTS) is 1. The standard InChI is InChI=1S/C24H17ClN8O3/c25-15-1-3-20(32-12-28-30-31-32)17(10-15)14-7-16-2-4-21(33(16)22(34)9-14)23-27-11-19(29-23)13-5-6-26-18(8-13)24(35)36/h1,3,5-12,21H,2,4H2,(H,27,29)(H,35,36)/t21-/m0/s1. The summed E-state index contributed by atoms with van der Waals surface area (Å²) in [4.78, 5) is 36.2. The van der Waals surface area contributed by atoms with Crippen LogP contribution in [0.3, 0.4) is 0 Å². The van der Waals surface area contributed by atoms with E-state index in [0.29, 0.717) is 40.6 Å². The SMILES string of the molecule is O=C(O)c1cc(-c2cnc([C@@H]3CCc4cc(-c5cc(Cl)ccc5-n5cnnn5)cc(=O)n43)[nH]2)ccn1. The number of hydrogen-bond acceptors (Lipinski definition) is 7. The predicted molar refractivity (Wildman–Crippen MR) is 129 cm³/mol. The van der Waals surface area contributed by atoms with Crippen molar-refractivity contribution in [1.82, 2.24) is 39.7 Å². The van der Waals surface area contributed by atoms with Crippen LogP contribution in [0.5, 0.6) is 0 Å². The van der Waals surface area contributed by atoms with Gasteiger partial charge in [-0.3, -0.25) is 4.79 Å². The van der Waals surface area contributed by atoms with Crippen LogP contribution in [0.25, 0.3) is 28.1 Å². The zero-order valence-electron chi connectivity index (χ0n) is 18.5. The molecule has 5 heterocycles. The molecule has 0 bridgehead atoms. The van der Waals surface area contributed by atoms with E-state index in [4.69, 9.17) is 11.6 Å². The van der Waals surface area contributed by atoms with E-state index in [1.54, 1.807) is 41.1 Å². The topological polar surface area (TPSA) is 144 Å². The Morgan fingerprint density at radius 1 is 1.11 bits per heavy atom. The molecule has 0 saturated heterocycles. The van der Waals surface area contributed by atoms with Gasteiger partial charge in [0, 0.05) is 34.1 Å². The van der Waals surface area contributed by atoms with Crippen LogP contribution in [0.2, 0.25) is 5.02 Å². The molecular formula is C24H17ClN8O3. The molecule has 1 aromatic carbocycles. The monoisotopic (exact) mass is 500 g/mol. The number of fused-ring (bicyclic) bond motifs is 1. The van der Waals surface area contributed by atoms with Gasteiger partial charge in [0.15, 0.2) is 0 Å². The van der Waals surface area contributed by atoms with Crippen molar-refractivity contribution in [2.24, 2.45) is 0 Å². The molecule has 0 aliphatic carbocycles. The molecule has 1 aliphatic heterocycles. The first-order valence-electron chi connectivity index (χ1n) is 11.0. The highest BCUT2D eigenvalue weighted by molar-refractivity contribution is 6.31. The molecule has 5 aromatic rings. The number of pyridine rings is 2. The third-order valence-corrected chi connectivity index (χ3v) is 6.44. The van der Waals surface area contributed by atoms with Gasteiger partial charge in [-0.2, -0.15) is 4.68 Å². The number of tetrazole rings is 1. The van der Waals surface area contributed by atoms with Gasteiger partial charge in [-0.05, 0) is 65.2 Å². The summed E-state index contributed by atoms with van der Waals surface area (Å²) >= 11 is 6.28. The maximum atomic E-state index is 13.3. The summed E-state index contributed by atoms with van der Waals surface area (Å²) in [6.45, 7) is 0. The molecule has 178 valence electrons. The Kier molecular flexibility index (Phi) is 5.19. The van der Waals surface area contributed by atoms with Crippen LogP contribution >= 0.6 is 11.6 Å². The van der Waals surface area contributed by atoms with E-state index < -0.39 is 5.97 Å². The van der Waals surface area contributed by atoms with Crippen molar-refractivity contribution in [1.29, 1.82) is 0 Å². The second-order valence-electron chi connectivity index (χ2n) is 8.33. The number of aromatic carboxylic acids is 1. The molecule has 12 heteroatoms. The normalized spacial score (nSPS) is 14.6. The third-order valence-electron chi connectivity index (χ3n) is 6.20. The van der Waals surface area contributed by atoms with Crippen LogP contribution in [-0.2, 0) is 6.42 Å². The second kappa shape index (κ2) is 8.54. The van der Waals surface area contributed by atoms with Crippen molar-refractivity contribution in [3.05, 3.63) is 93.8 Å². The number of aryl methyl sites for hydroxylation is 1. The Morgan fingerprint density at radius 3 is 2.81 bits per heavy atom. The number of carboxylic acids is 1. The Hall–Kier alpha value is -4.64. The molecule has 6 rings (SSSR count). The number of H-pyrrole nitrogens is 1. The number of rotatable bonds is 5. The first-order chi connectivity index (χ1) is 17.5. The fourth-order valence-electron chi connectivity index (χ4n) is 4.59. The molecule has 0 fully saturated rings. The van der Waals surface area contributed by atoms with Gasteiger partial charge in [0.25, 0.3) is 5.56 Å². The van der Waals surface area contributed by atoms with Gasteiger partial charge >= 0.3 is 5.97 Å². The minimum atomic E-state index is -1.10. The summed E-state index contributed by atoms with van der Waals surface area (Å²) < 4.78 is 3.27. The first kappa shape index (κ1) is 21.9. The average Bonchev–Trinajstić information content (AvgIpc) is 3.64. The Bertz CT molecular complexity index is 1680. The smallest absolute Gasteiger partial charge is 0.354 e. The molecule has 1 aliphatic rings. The van der Waals surface area contributed by atoms with Crippen molar-refractivity contribution in [3.8, 4) is 28.1 Å². The number of imidazole rings is 1. The Labute approximate surface area is 208 Å². The lowest BCUT2D eigenvalue weighted by molar-refractivity contribution is 0.0690. The molecular weight excluding hydrogens is 484 g/mol. The van der Waals surface area contributed by atoms with Crippen molar-refractivity contribution in [2.75, 3.05) is 0 Å². The number of aromatic nitrogens is 8. The number of aromatic amines is 1. The van der Waals surface area contributed by atoms with Gasteiger partial charge in [-0.1, -0.05) is 11.6 Å². The zero-order chi connectivity index (χ0) is 24.8. The molecule has 1 atom stereocenters. The van der Waals surface area contributed by atoms with Gasteiger partial charge in [0.2, 0.25) is 0 Å². The van der Waals surface area contributed by atoms with E-state index in [1.807, 2.05) is 6.07 Å². The fourth-order valence-corrected chi connectivity index (χ4v) is 4.76. The van der Waals surface area contributed by atoms with Crippen molar-refractivity contribution in [3.63, 3.8) is 0 Å². The molecule has 11 nitrogen and oxygen atoms in total. The van der Waals surface area contributed by atoms with E-state index in [0.717, 1.165) is 16.8 Å². The quantitative estimate of drug-likeness (QED) is 0.374. The first-order valence-corrected chi connectivity index (χ1v) is 11.4. The van der Waals surface area contributed by atoms with Gasteiger partial charge in [0.05, 0.1) is 23.6 Å². The highest BCUT2D eigenvalue weighted by Crippen LogP contribution is 2.34. The van der Waals surface area contributed by atoms with Gasteiger partial charge in [-0.25, -0.2) is 14.8 Å². The van der Waals surface area contributed by atoms with E-state index >= 15 is 0 Å². The summed E-state index contributed by atoms with van der Waals surface area (Å²) in [6, 6.07) is 11.8. The summed E-state index contributed by atoms with van der Waals surface area (Å²) in [5.74, 6) is -0.476. The molecule has 0 saturated carbocycles. The number of carbonyl (C=O) groups is 1. The fraction of sp³-hybridized carbons (Fsp3) is 0.125. The number of benzene rings is 1. The average molecular weight is 501 g/mol. The molecule has 0 unspecified atom stereocenters. The minimum absolute atomic E-state index is 0.0549. The lowest BCUT2D eigenvalue weighted by Gasteiger charge is -2.15. The molecule has 0 amide bonds. The maximum Gasteiger partial charge on any atom is 0.354 e. The number of nitrogens with zero attached hydrogens (tertiary/aromatic N) is 7. The van der Waals surface area contributed by atoms with Gasteiger partial charge < -0.3 is 14.7 Å². The third kappa shape index (κ3) is 3.75. The van der Waals surface area contributed by atoms with Gasteiger partial charge in [0.1, 0.15) is 17.8 Å². The highest BCUT2D eigenvalue weighted by Gasteiger charge is 2.28. The Morgan fingerprint density at radius 2 is 2.00 bits per heavy atom. The lowest BCUT2D eigenvalue weighted by atomic mass is 10.0. The summed E-state index contributed by atoms with van der Waals surface area (Å²) in [7, 11) is 0. The van der Waals surface area contributed by atoms with Crippen molar-refractivity contribution >= 4 is 17.6 Å². The highest BCUT2D eigenvalue weighted by atomic mass is 35.5. The molecule has 4 aromatic heterocycles. The Balaban J connectivity index is 1.37. The van der Waals surface area contributed by atoms with E-state index in [2.05, 4.69) is 30.5 Å².